The van der Waals surface area contributed by atoms with E-state index in [9.17, 15) is 19.5 Å². The molecular formula is C27H29N3O5. The smallest absolute Gasteiger partial charge is 0.407 e. The van der Waals surface area contributed by atoms with Crippen molar-refractivity contribution in [3.05, 3.63) is 108 Å². The van der Waals surface area contributed by atoms with Crippen LogP contribution in [0.15, 0.2) is 91.0 Å². The molecule has 0 fully saturated rings. The second-order valence-corrected chi connectivity index (χ2v) is 7.89. The first-order valence-electron chi connectivity index (χ1n) is 11.4. The molecule has 0 aliphatic carbocycles. The number of carboxylic acids is 1. The highest BCUT2D eigenvalue weighted by Gasteiger charge is 2.22. The lowest BCUT2D eigenvalue weighted by Gasteiger charge is -2.22. The number of ether oxygens (including phenoxy) is 1. The molecule has 0 radical (unpaired) electrons. The SMILES string of the molecule is O=C(NC(c1ccccc1)c1ccccc1)N[C@H](CCCNC(=O)OCc1ccccc1)C(=O)O. The minimum atomic E-state index is -1.15. The van der Waals surface area contributed by atoms with E-state index in [0.29, 0.717) is 6.42 Å². The standard InChI is InChI=1S/C27H29N3O5/c31-25(32)23(17-10-18-28-27(34)35-19-20-11-4-1-5-12-20)29-26(33)30-24(21-13-6-2-7-14-21)22-15-8-3-9-16-22/h1-9,11-16,23-24H,10,17-19H2,(H,28,34)(H,31,32)(H2,29,30,33)/t23-/m1/s1. The van der Waals surface area contributed by atoms with E-state index in [4.69, 9.17) is 4.74 Å². The van der Waals surface area contributed by atoms with E-state index in [2.05, 4.69) is 16.0 Å². The van der Waals surface area contributed by atoms with Gasteiger partial charge in [-0.3, -0.25) is 0 Å². The van der Waals surface area contributed by atoms with Crippen LogP contribution < -0.4 is 16.0 Å². The summed E-state index contributed by atoms with van der Waals surface area (Å²) in [5, 5.41) is 17.5. The average Bonchev–Trinajstić information content (AvgIpc) is 2.89. The van der Waals surface area contributed by atoms with Crippen molar-refractivity contribution in [2.24, 2.45) is 0 Å². The molecule has 1 atom stereocenters. The summed E-state index contributed by atoms with van der Waals surface area (Å²) < 4.78 is 5.13. The van der Waals surface area contributed by atoms with Gasteiger partial charge in [0.05, 0.1) is 6.04 Å². The van der Waals surface area contributed by atoms with Crippen LogP contribution in [-0.4, -0.2) is 35.8 Å². The molecule has 8 heteroatoms. The van der Waals surface area contributed by atoms with Crippen LogP contribution in [0.2, 0.25) is 0 Å². The zero-order chi connectivity index (χ0) is 24.9. The Morgan fingerprint density at radius 3 is 1.86 bits per heavy atom. The van der Waals surface area contributed by atoms with Crippen molar-refractivity contribution in [1.82, 2.24) is 16.0 Å². The molecule has 0 spiro atoms. The van der Waals surface area contributed by atoms with E-state index in [1.54, 1.807) is 0 Å². The second kappa shape index (κ2) is 13.4. The lowest BCUT2D eigenvalue weighted by molar-refractivity contribution is -0.139. The lowest BCUT2D eigenvalue weighted by atomic mass is 9.99. The Hall–Kier alpha value is -4.33. The van der Waals surface area contributed by atoms with Crippen molar-refractivity contribution in [3.8, 4) is 0 Å². The first-order valence-corrected chi connectivity index (χ1v) is 11.4. The van der Waals surface area contributed by atoms with Gasteiger partial charge in [-0.15, -0.1) is 0 Å². The summed E-state index contributed by atoms with van der Waals surface area (Å²) in [7, 11) is 0. The molecule has 3 amide bonds. The third kappa shape index (κ3) is 8.51. The molecule has 35 heavy (non-hydrogen) atoms. The van der Waals surface area contributed by atoms with Crippen molar-refractivity contribution in [2.45, 2.75) is 31.5 Å². The normalized spacial score (nSPS) is 11.3. The topological polar surface area (TPSA) is 117 Å². The zero-order valence-electron chi connectivity index (χ0n) is 19.2. The van der Waals surface area contributed by atoms with Gasteiger partial charge in [0.15, 0.2) is 0 Å². The van der Waals surface area contributed by atoms with Crippen LogP contribution in [0.4, 0.5) is 9.59 Å². The minimum Gasteiger partial charge on any atom is -0.480 e. The Bertz CT molecular complexity index is 1040. The number of alkyl carbamates (subject to hydrolysis) is 1. The molecule has 3 rings (SSSR count). The molecule has 0 aromatic heterocycles. The Kier molecular flexibility index (Phi) is 9.68. The van der Waals surface area contributed by atoms with Gasteiger partial charge < -0.3 is 25.8 Å². The molecule has 3 aromatic rings. The highest BCUT2D eigenvalue weighted by atomic mass is 16.5. The second-order valence-electron chi connectivity index (χ2n) is 7.89. The van der Waals surface area contributed by atoms with E-state index >= 15 is 0 Å². The maximum Gasteiger partial charge on any atom is 0.407 e. The van der Waals surface area contributed by atoms with Gasteiger partial charge in [0.25, 0.3) is 0 Å². The fourth-order valence-electron chi connectivity index (χ4n) is 3.51. The maximum atomic E-state index is 12.7. The molecule has 0 aliphatic heterocycles. The molecule has 4 N–H and O–H groups in total. The summed E-state index contributed by atoms with van der Waals surface area (Å²) in [4.78, 5) is 36.2. The minimum absolute atomic E-state index is 0.142. The summed E-state index contributed by atoms with van der Waals surface area (Å²) >= 11 is 0. The highest BCUT2D eigenvalue weighted by molar-refractivity contribution is 5.83. The highest BCUT2D eigenvalue weighted by Crippen LogP contribution is 2.21. The third-order valence-electron chi connectivity index (χ3n) is 5.30. The lowest BCUT2D eigenvalue weighted by Crippen LogP contribution is -2.47. The van der Waals surface area contributed by atoms with Crippen LogP contribution in [0.5, 0.6) is 0 Å². The van der Waals surface area contributed by atoms with Gasteiger partial charge in [0.1, 0.15) is 12.6 Å². The van der Waals surface area contributed by atoms with Gasteiger partial charge in [-0.1, -0.05) is 91.0 Å². The van der Waals surface area contributed by atoms with Crippen LogP contribution in [0, 0.1) is 0 Å². The number of carboxylic acid groups (broad SMARTS) is 1. The number of benzene rings is 3. The molecule has 182 valence electrons. The summed E-state index contributed by atoms with van der Waals surface area (Å²) in [6.45, 7) is 0.369. The molecule has 0 unspecified atom stereocenters. The number of urea groups is 1. The number of amides is 3. The van der Waals surface area contributed by atoms with Crippen molar-refractivity contribution in [1.29, 1.82) is 0 Å². The monoisotopic (exact) mass is 475 g/mol. The van der Waals surface area contributed by atoms with Crippen LogP contribution in [-0.2, 0) is 16.1 Å². The van der Waals surface area contributed by atoms with Crippen molar-refractivity contribution < 1.29 is 24.2 Å². The number of rotatable bonds is 11. The first kappa shape index (κ1) is 25.3. The van der Waals surface area contributed by atoms with E-state index in [0.717, 1.165) is 16.7 Å². The predicted molar refractivity (Wildman–Crippen MR) is 132 cm³/mol. The van der Waals surface area contributed by atoms with Gasteiger partial charge in [-0.2, -0.15) is 0 Å². The maximum absolute atomic E-state index is 12.7. The molecular weight excluding hydrogens is 446 g/mol. The molecule has 0 saturated carbocycles. The van der Waals surface area contributed by atoms with E-state index < -0.39 is 30.2 Å². The van der Waals surface area contributed by atoms with Gasteiger partial charge in [-0.25, -0.2) is 14.4 Å². The summed E-state index contributed by atoms with van der Waals surface area (Å²) in [5.74, 6) is -1.15. The van der Waals surface area contributed by atoms with E-state index in [-0.39, 0.29) is 19.6 Å². The number of nitrogens with one attached hydrogen (secondary N) is 3. The Morgan fingerprint density at radius 2 is 1.31 bits per heavy atom. The Morgan fingerprint density at radius 1 is 0.771 bits per heavy atom. The molecule has 3 aromatic carbocycles. The molecule has 0 bridgehead atoms. The van der Waals surface area contributed by atoms with Crippen molar-refractivity contribution in [2.75, 3.05) is 6.54 Å². The Balaban J connectivity index is 1.47. The number of carbonyl (C=O) groups excluding carboxylic acids is 2. The van der Waals surface area contributed by atoms with Crippen LogP contribution >= 0.6 is 0 Å². The first-order chi connectivity index (χ1) is 17.0. The average molecular weight is 476 g/mol. The number of hydrogen-bond donors (Lipinski definition) is 4. The zero-order valence-corrected chi connectivity index (χ0v) is 19.2. The number of aliphatic carboxylic acids is 1. The predicted octanol–water partition coefficient (Wildman–Crippen LogP) is 4.24. The van der Waals surface area contributed by atoms with Gasteiger partial charge >= 0.3 is 18.1 Å². The molecule has 8 nitrogen and oxygen atoms in total. The van der Waals surface area contributed by atoms with Gasteiger partial charge in [-0.05, 0) is 29.5 Å². The Labute approximate surface area is 204 Å². The number of carbonyl (C=O) groups is 3. The summed E-state index contributed by atoms with van der Waals surface area (Å²) in [6, 6.07) is 26.0. The third-order valence-corrected chi connectivity index (χ3v) is 5.30. The van der Waals surface area contributed by atoms with E-state index in [1.807, 2.05) is 91.0 Å². The van der Waals surface area contributed by atoms with Crippen LogP contribution in [0.3, 0.4) is 0 Å². The van der Waals surface area contributed by atoms with Gasteiger partial charge in [0.2, 0.25) is 0 Å². The van der Waals surface area contributed by atoms with Gasteiger partial charge in [0, 0.05) is 6.54 Å². The summed E-state index contributed by atoms with van der Waals surface area (Å²) in [5.41, 5.74) is 2.62. The number of hydrogen-bond acceptors (Lipinski definition) is 4. The molecule has 0 heterocycles. The van der Waals surface area contributed by atoms with E-state index in [1.165, 1.54) is 0 Å². The van der Waals surface area contributed by atoms with Crippen LogP contribution in [0.1, 0.15) is 35.6 Å². The van der Waals surface area contributed by atoms with Crippen LogP contribution in [0.25, 0.3) is 0 Å². The van der Waals surface area contributed by atoms with Crippen molar-refractivity contribution >= 4 is 18.1 Å². The quantitative estimate of drug-likeness (QED) is 0.310. The van der Waals surface area contributed by atoms with Crippen molar-refractivity contribution in [3.63, 3.8) is 0 Å². The largest absolute Gasteiger partial charge is 0.480 e. The fourth-order valence-corrected chi connectivity index (χ4v) is 3.51. The fraction of sp³-hybridized carbons (Fsp3) is 0.222. The molecule has 0 saturated heterocycles. The summed E-state index contributed by atoms with van der Waals surface area (Å²) in [6.07, 6.45) is -0.0957. The molecule has 0 aliphatic rings.